The molecule has 3 atom stereocenters. The second kappa shape index (κ2) is 10.3. The van der Waals surface area contributed by atoms with Crippen LogP contribution in [0.3, 0.4) is 0 Å². The molecule has 1 fully saturated rings. The Kier molecular flexibility index (Phi) is 7.20. The van der Waals surface area contributed by atoms with E-state index in [-0.39, 0.29) is 36.9 Å². The van der Waals surface area contributed by atoms with Crippen molar-refractivity contribution in [3.63, 3.8) is 0 Å². The number of ether oxygens (including phenoxy) is 1. The van der Waals surface area contributed by atoms with Crippen LogP contribution in [0.1, 0.15) is 50.2 Å². The van der Waals surface area contributed by atoms with Crippen molar-refractivity contribution in [1.82, 2.24) is 10.2 Å². The third kappa shape index (κ3) is 5.08. The minimum absolute atomic E-state index is 0.0172. The van der Waals surface area contributed by atoms with E-state index in [0.717, 1.165) is 0 Å². The number of carboxylic acid groups (broad SMARTS) is 1. The first-order valence-corrected chi connectivity index (χ1v) is 12.0. The summed E-state index contributed by atoms with van der Waals surface area (Å²) in [5, 5.41) is 12.1. The van der Waals surface area contributed by atoms with Crippen LogP contribution in [0.4, 0.5) is 4.79 Å². The number of amides is 2. The molecule has 34 heavy (non-hydrogen) atoms. The summed E-state index contributed by atoms with van der Waals surface area (Å²) in [5.41, 5.74) is 4.72. The predicted octanol–water partition coefficient (Wildman–Crippen LogP) is 4.26. The van der Waals surface area contributed by atoms with Crippen LogP contribution in [0, 0.1) is 11.8 Å². The number of carbonyl (C=O) groups is 3. The van der Waals surface area contributed by atoms with Crippen LogP contribution in [-0.4, -0.2) is 53.7 Å². The summed E-state index contributed by atoms with van der Waals surface area (Å²) in [7, 11) is 0. The normalized spacial score (nSPS) is 19.9. The van der Waals surface area contributed by atoms with Gasteiger partial charge < -0.3 is 20.1 Å². The van der Waals surface area contributed by atoms with Crippen molar-refractivity contribution >= 4 is 18.0 Å². The van der Waals surface area contributed by atoms with Crippen molar-refractivity contribution in [3.05, 3.63) is 59.7 Å². The second-order valence-electron chi connectivity index (χ2n) is 9.48. The summed E-state index contributed by atoms with van der Waals surface area (Å²) in [6, 6.07) is 16.3. The van der Waals surface area contributed by atoms with Gasteiger partial charge in [-0.2, -0.15) is 0 Å². The molecule has 0 bridgehead atoms. The Morgan fingerprint density at radius 3 is 2.26 bits per heavy atom. The van der Waals surface area contributed by atoms with Crippen LogP contribution in [0.25, 0.3) is 11.1 Å². The highest BCUT2D eigenvalue weighted by Crippen LogP contribution is 2.44. The molecule has 0 aromatic heterocycles. The van der Waals surface area contributed by atoms with Gasteiger partial charge in [-0.3, -0.25) is 9.59 Å². The molecule has 1 aliphatic heterocycles. The largest absolute Gasteiger partial charge is 0.481 e. The van der Waals surface area contributed by atoms with E-state index < -0.39 is 18.0 Å². The van der Waals surface area contributed by atoms with E-state index in [1.165, 1.54) is 22.3 Å². The second-order valence-corrected chi connectivity index (χ2v) is 9.48. The van der Waals surface area contributed by atoms with E-state index in [0.29, 0.717) is 25.8 Å². The number of carboxylic acids is 1. The maximum atomic E-state index is 12.4. The van der Waals surface area contributed by atoms with Crippen LogP contribution >= 0.6 is 0 Å². The summed E-state index contributed by atoms with van der Waals surface area (Å²) < 4.78 is 5.58. The molecular formula is C27H32N2O5. The number of nitrogens with zero attached hydrogens (tertiary/aromatic N) is 1. The summed E-state index contributed by atoms with van der Waals surface area (Å²) in [5.74, 6) is -1.37. The third-order valence-corrected chi connectivity index (χ3v) is 7.02. The molecule has 7 heteroatoms. The number of benzene rings is 2. The van der Waals surface area contributed by atoms with Crippen LogP contribution in [0.15, 0.2) is 48.5 Å². The minimum Gasteiger partial charge on any atom is -0.481 e. The van der Waals surface area contributed by atoms with Crippen molar-refractivity contribution in [3.8, 4) is 11.1 Å². The van der Waals surface area contributed by atoms with Gasteiger partial charge in [0.2, 0.25) is 5.91 Å². The van der Waals surface area contributed by atoms with Crippen molar-refractivity contribution < 1.29 is 24.2 Å². The number of rotatable bonds is 8. The number of aliphatic carboxylic acids is 1. The van der Waals surface area contributed by atoms with Crippen LogP contribution in [0.2, 0.25) is 0 Å². The highest BCUT2D eigenvalue weighted by atomic mass is 16.5. The Labute approximate surface area is 200 Å². The van der Waals surface area contributed by atoms with Gasteiger partial charge >= 0.3 is 12.1 Å². The molecule has 1 saturated heterocycles. The summed E-state index contributed by atoms with van der Waals surface area (Å²) >= 11 is 0. The van der Waals surface area contributed by atoms with Gasteiger partial charge in [-0.15, -0.1) is 0 Å². The quantitative estimate of drug-likeness (QED) is 0.609. The Morgan fingerprint density at radius 2 is 1.68 bits per heavy atom. The monoisotopic (exact) mass is 464 g/mol. The minimum atomic E-state index is -0.844. The third-order valence-electron chi connectivity index (χ3n) is 7.02. The predicted molar refractivity (Wildman–Crippen MR) is 128 cm³/mol. The molecule has 0 radical (unpaired) electrons. The lowest BCUT2D eigenvalue weighted by atomic mass is 9.98. The van der Waals surface area contributed by atoms with Crippen molar-refractivity contribution in [2.24, 2.45) is 11.8 Å². The van der Waals surface area contributed by atoms with Crippen LogP contribution in [-0.2, 0) is 14.3 Å². The highest BCUT2D eigenvalue weighted by molar-refractivity contribution is 5.80. The Bertz CT molecular complexity index is 1020. The molecule has 180 valence electrons. The van der Waals surface area contributed by atoms with Crippen molar-refractivity contribution in [1.29, 1.82) is 0 Å². The fourth-order valence-corrected chi connectivity index (χ4v) is 5.12. The Morgan fingerprint density at radius 1 is 1.06 bits per heavy atom. The number of hydrogen-bond donors (Lipinski definition) is 2. The maximum Gasteiger partial charge on any atom is 0.407 e. The van der Waals surface area contributed by atoms with Gasteiger partial charge in [0.25, 0.3) is 0 Å². The van der Waals surface area contributed by atoms with Gasteiger partial charge in [0, 0.05) is 31.5 Å². The van der Waals surface area contributed by atoms with Gasteiger partial charge in [0.1, 0.15) is 6.61 Å². The van der Waals surface area contributed by atoms with Crippen LogP contribution in [0.5, 0.6) is 0 Å². The topological polar surface area (TPSA) is 95.9 Å². The molecule has 1 heterocycles. The van der Waals surface area contributed by atoms with E-state index >= 15 is 0 Å². The number of nitrogens with one attached hydrogen (secondary N) is 1. The molecule has 7 nitrogen and oxygen atoms in total. The fourth-order valence-electron chi connectivity index (χ4n) is 5.12. The standard InChI is InChI=1S/C27H32N2O5/c1-17-14-29(15-23(17)26(31)32)25(30)13-7-8-18(2)28-27(33)34-16-24-21-11-5-3-9-19(21)20-10-4-6-12-22(20)24/h3-6,9-12,17-18,23-24H,7-8,13-16H2,1-2H3,(H,28,33)(H,31,32)/t17-,18?,23-/m1/s1. The number of alkyl carbamates (subject to hydrolysis) is 1. The molecule has 1 aliphatic carbocycles. The van der Waals surface area contributed by atoms with E-state index in [1.54, 1.807) is 4.90 Å². The number of carbonyl (C=O) groups excluding carboxylic acids is 2. The lowest BCUT2D eigenvalue weighted by molar-refractivity contribution is -0.142. The first-order chi connectivity index (χ1) is 16.3. The lowest BCUT2D eigenvalue weighted by Gasteiger charge is -2.18. The zero-order chi connectivity index (χ0) is 24.2. The van der Waals surface area contributed by atoms with Crippen molar-refractivity contribution in [2.75, 3.05) is 19.7 Å². The molecule has 2 aliphatic rings. The Balaban J connectivity index is 1.21. The zero-order valence-electron chi connectivity index (χ0n) is 19.7. The molecule has 2 aromatic rings. The molecule has 2 amide bonds. The molecule has 4 rings (SSSR count). The van der Waals surface area contributed by atoms with Gasteiger partial charge in [0.05, 0.1) is 5.92 Å². The average Bonchev–Trinajstić information content (AvgIpc) is 3.36. The smallest absolute Gasteiger partial charge is 0.407 e. The summed E-state index contributed by atoms with van der Waals surface area (Å²) in [6.07, 6.45) is 1.14. The molecule has 1 unspecified atom stereocenters. The SMILES string of the molecule is CC(CCCC(=O)N1C[C@@H](C)[C@H](C(=O)O)C1)NC(=O)OCC1c2ccccc2-c2ccccc21. The van der Waals surface area contributed by atoms with Gasteiger partial charge in [0.15, 0.2) is 0 Å². The highest BCUT2D eigenvalue weighted by Gasteiger charge is 2.36. The van der Waals surface area contributed by atoms with E-state index in [1.807, 2.05) is 38.1 Å². The first-order valence-electron chi connectivity index (χ1n) is 12.0. The first kappa shape index (κ1) is 23.8. The number of hydrogen-bond acceptors (Lipinski definition) is 4. The molecule has 2 N–H and O–H groups in total. The summed E-state index contributed by atoms with van der Waals surface area (Å²) in [4.78, 5) is 37.7. The molecule has 0 saturated carbocycles. The van der Waals surface area contributed by atoms with Crippen LogP contribution < -0.4 is 5.32 Å². The lowest BCUT2D eigenvalue weighted by Crippen LogP contribution is -2.34. The number of fused-ring (bicyclic) bond motifs is 3. The van der Waals surface area contributed by atoms with Gasteiger partial charge in [-0.1, -0.05) is 55.5 Å². The average molecular weight is 465 g/mol. The molecule has 2 aromatic carbocycles. The molecular weight excluding hydrogens is 432 g/mol. The fraction of sp³-hybridized carbons (Fsp3) is 0.444. The number of likely N-dealkylation sites (tertiary alicyclic amines) is 1. The Hall–Kier alpha value is -3.35. The van der Waals surface area contributed by atoms with E-state index in [2.05, 4.69) is 29.6 Å². The van der Waals surface area contributed by atoms with E-state index in [9.17, 15) is 19.5 Å². The maximum absolute atomic E-state index is 12.4. The van der Waals surface area contributed by atoms with Gasteiger partial charge in [-0.05, 0) is 47.9 Å². The molecule has 0 spiro atoms. The zero-order valence-corrected chi connectivity index (χ0v) is 19.7. The summed E-state index contributed by atoms with van der Waals surface area (Å²) in [6.45, 7) is 4.80. The van der Waals surface area contributed by atoms with E-state index in [4.69, 9.17) is 4.74 Å². The van der Waals surface area contributed by atoms with Crippen molar-refractivity contribution in [2.45, 2.75) is 45.1 Å². The van der Waals surface area contributed by atoms with Gasteiger partial charge in [-0.25, -0.2) is 4.79 Å².